The number of phenolic OH excluding ortho intramolecular Hbond substituents is 1. The first-order valence-corrected chi connectivity index (χ1v) is 45.7. The SMILES string of the molecule is C=C(c1cccc(-c2ccccc2OC)c1)c1cccc(C(C)(C)C)c1OCc1ccccc1.CC(=O)c1cccc(C(C)(C)C)c1OCc1ccccc1.COc1ccccc1-c1cccc(Br)c1.COc1ccccc1-c1cccc(C(C)(O)c2cccc(C(C)(C)C)c2OCc2ccccc2)c1.COc1ccccc1-c1cccc(C(C)c2cccc(C(C)(C)C)c2O)c1.[2HH].[2H][2H]. The van der Waals surface area contributed by atoms with Crippen molar-refractivity contribution >= 4 is 27.3 Å². The normalized spacial score (nSPS) is 11.9. The van der Waals surface area contributed by atoms with Gasteiger partial charge in [-0.25, -0.2) is 0 Å². The van der Waals surface area contributed by atoms with Crippen LogP contribution in [0.25, 0.3) is 50.1 Å². The summed E-state index contributed by atoms with van der Waals surface area (Å²) in [6, 6.07) is 120. The van der Waals surface area contributed by atoms with E-state index >= 15 is 0 Å². The van der Waals surface area contributed by atoms with Crippen molar-refractivity contribution in [2.45, 2.75) is 157 Å². The van der Waals surface area contributed by atoms with E-state index in [0.29, 0.717) is 36.9 Å². The van der Waals surface area contributed by atoms with Gasteiger partial charge in [-0.05, 0) is 162 Å². The number of benzene rings is 15. The second kappa shape index (κ2) is 45.4. The number of ether oxygens (including phenoxy) is 7. The number of Topliss-reactive ketones (excluding diaryl/α,β-unsaturated/α-hetero) is 1. The molecule has 0 saturated heterocycles. The molecule has 0 aliphatic carbocycles. The molecule has 15 aromatic carbocycles. The zero-order chi connectivity index (χ0) is 96.9. The highest BCUT2D eigenvalue weighted by molar-refractivity contribution is 9.10. The maximum Gasteiger partial charge on any atom is 0.163 e. The van der Waals surface area contributed by atoms with E-state index < -0.39 is 5.60 Å². The molecule has 10 nitrogen and oxygen atoms in total. The molecule has 0 bridgehead atoms. The van der Waals surface area contributed by atoms with Crippen molar-refractivity contribution < 1.29 is 52.6 Å². The molecule has 0 heterocycles. The molecule has 15 rings (SSSR count). The van der Waals surface area contributed by atoms with E-state index in [9.17, 15) is 15.0 Å². The van der Waals surface area contributed by atoms with E-state index in [4.69, 9.17) is 36.1 Å². The molecule has 0 fully saturated rings. The molecule has 2 N–H and O–H groups in total. The second-order valence-electron chi connectivity index (χ2n) is 37.0. The van der Waals surface area contributed by atoms with Crippen molar-refractivity contribution in [3.05, 3.63) is 447 Å². The van der Waals surface area contributed by atoms with Gasteiger partial charge in [0.25, 0.3) is 0 Å². The fraction of sp³-hybridized carbons (Fsp3) is 0.231. The highest BCUT2D eigenvalue weighted by atomic mass is 79.9. The topological polar surface area (TPSA) is 122 Å². The summed E-state index contributed by atoms with van der Waals surface area (Å²) in [6.07, 6.45) is 0. The number of hydrogen-bond acceptors (Lipinski definition) is 10. The van der Waals surface area contributed by atoms with Crippen LogP contribution >= 0.6 is 15.9 Å². The van der Waals surface area contributed by atoms with E-state index in [1.165, 1.54) is 11.1 Å². The Morgan fingerprint density at radius 3 is 1.11 bits per heavy atom. The predicted octanol–water partition coefficient (Wildman–Crippen LogP) is 31.7. The van der Waals surface area contributed by atoms with Crippen LogP contribution in [0, 0.1) is 0 Å². The number of carbonyl (C=O) groups is 1. The summed E-state index contributed by atoms with van der Waals surface area (Å²) >= 11 is 3.47. The molecule has 132 heavy (non-hydrogen) atoms. The van der Waals surface area contributed by atoms with Crippen LogP contribution in [0.5, 0.6) is 46.0 Å². The summed E-state index contributed by atoms with van der Waals surface area (Å²) in [5.41, 5.74) is 21.8. The van der Waals surface area contributed by atoms with Gasteiger partial charge in [0.2, 0.25) is 0 Å². The standard InChI is InChI=1S/C32H34O3.C32H32O2.C25H28O2.C19H22O2.C13H11BrO.2H2/c1-31(2,3)27-18-12-19-28(30(27)35-22-23-13-7-6-8-14-23)32(4,33)25-16-11-15-24(21-25)26-17-9-10-20-29(26)34-5;1-23(25-15-11-16-26(21-25)28-17-9-10-20-30(28)33-5)27-18-12-19-29(32(2,3)4)31(27)34-22-24-13-7-6-8-14-24;1-17(20-13-9-14-22(24(20)26)25(2,3)4)18-10-8-11-19(16-18)21-12-6-7-15-23(21)27-5;1-14(20)16-11-8-12-17(19(2,3)4)18(16)21-13-15-9-6-5-7-10-15;1-15-13-8-3-2-7-12(13)10-5-4-6-11(14)9-10;;/h6-21,33H,22H2,1-5H3;6-21H,1,22H2,2-5H3;6-17,26H,1-5H3;5-12H,13H2,1-4H3;2-9H,1H3;2*1H/i;;;;;1+1D;1+1. The minimum Gasteiger partial charge on any atom is -0.507 e. The average Bonchev–Trinajstić information content (AvgIpc) is 0.758. The zero-order valence-corrected chi connectivity index (χ0v) is 81.6. The van der Waals surface area contributed by atoms with Crippen LogP contribution < -0.4 is 33.2 Å². The van der Waals surface area contributed by atoms with Gasteiger partial charge in [0.1, 0.15) is 71.4 Å². The maximum absolute atomic E-state index is 12.0. The quantitative estimate of drug-likeness (QED) is 0.0566. The lowest BCUT2D eigenvalue weighted by molar-refractivity contribution is 0.0968. The van der Waals surface area contributed by atoms with Gasteiger partial charge >= 0.3 is 0 Å². The van der Waals surface area contributed by atoms with Crippen LogP contribution in [0.15, 0.2) is 369 Å². The number of halogens is 1. The molecule has 0 spiro atoms. The van der Waals surface area contributed by atoms with Crippen LogP contribution in [-0.4, -0.2) is 44.4 Å². The summed E-state index contributed by atoms with van der Waals surface area (Å²) in [5, 5.41) is 22.9. The predicted molar refractivity (Wildman–Crippen MR) is 555 cm³/mol. The van der Waals surface area contributed by atoms with Crippen LogP contribution in [-0.2, 0) is 47.1 Å². The van der Waals surface area contributed by atoms with Gasteiger partial charge in [0.05, 0.1) is 34.0 Å². The lowest BCUT2D eigenvalue weighted by atomic mass is 9.80. The Balaban J connectivity index is 0.000000193. The Kier molecular flexibility index (Phi) is 33.6. The lowest BCUT2D eigenvalue weighted by Crippen LogP contribution is -2.26. The fourth-order valence-corrected chi connectivity index (χ4v) is 16.4. The third-order valence-corrected chi connectivity index (χ3v) is 23.7. The molecular weight excluding hydrogens is 1690 g/mol. The van der Waals surface area contributed by atoms with Gasteiger partial charge in [-0.15, -0.1) is 0 Å². The van der Waals surface area contributed by atoms with Crippen LogP contribution in [0.3, 0.4) is 0 Å². The minimum atomic E-state index is -1.27. The third kappa shape index (κ3) is 25.8. The molecule has 0 amide bonds. The summed E-state index contributed by atoms with van der Waals surface area (Å²) in [4.78, 5) is 11.9. The Morgan fingerprint density at radius 1 is 0.356 bits per heavy atom. The highest BCUT2D eigenvalue weighted by Gasteiger charge is 2.34. The van der Waals surface area contributed by atoms with Gasteiger partial charge in [-0.3, -0.25) is 4.79 Å². The van der Waals surface area contributed by atoms with Crippen molar-refractivity contribution in [3.8, 4) is 90.5 Å². The maximum atomic E-state index is 12.0. The first-order chi connectivity index (χ1) is 64.1. The zero-order valence-electron chi connectivity index (χ0n) is 82.0. The summed E-state index contributed by atoms with van der Waals surface area (Å²) < 4.78 is 52.1. The number of methoxy groups -OCH3 is 4. The van der Waals surface area contributed by atoms with E-state index in [0.717, 1.165) is 150 Å². The van der Waals surface area contributed by atoms with Crippen molar-refractivity contribution in [3.63, 3.8) is 0 Å². The van der Waals surface area contributed by atoms with Crippen molar-refractivity contribution in [2.75, 3.05) is 28.4 Å². The van der Waals surface area contributed by atoms with Gasteiger partial charge in [-0.2, -0.15) is 0 Å². The molecule has 682 valence electrons. The Labute approximate surface area is 797 Å². The number of rotatable bonds is 24. The molecule has 0 radical (unpaired) electrons. The molecule has 15 aromatic rings. The first kappa shape index (κ1) is 97.6. The van der Waals surface area contributed by atoms with Crippen LogP contribution in [0.2, 0.25) is 0 Å². The lowest BCUT2D eigenvalue weighted by Gasteiger charge is -2.31. The number of ketones is 1. The number of aromatic hydroxyl groups is 1. The summed E-state index contributed by atoms with van der Waals surface area (Å²) in [5.74, 6) is 6.27. The molecule has 11 heteroatoms. The molecule has 2 atom stereocenters. The Morgan fingerprint density at radius 2 is 0.682 bits per heavy atom. The second-order valence-corrected chi connectivity index (χ2v) is 38.0. The number of aliphatic hydroxyl groups is 1. The summed E-state index contributed by atoms with van der Waals surface area (Å²) in [7, 11) is 6.77. The Hall–Kier alpha value is -13.5. The van der Waals surface area contributed by atoms with E-state index in [2.05, 4.69) is 228 Å². The van der Waals surface area contributed by atoms with Gasteiger partial charge in [0.15, 0.2) is 5.78 Å². The molecule has 2 unspecified atom stereocenters. The highest BCUT2D eigenvalue weighted by Crippen LogP contribution is 2.47. The number of para-hydroxylation sites is 8. The van der Waals surface area contributed by atoms with Crippen molar-refractivity contribution in [1.82, 2.24) is 0 Å². The summed E-state index contributed by atoms with van der Waals surface area (Å²) in [6.45, 7) is 37.4. The molecule has 0 saturated carbocycles. The molecule has 0 aliphatic heterocycles. The monoisotopic (exact) mass is 1830 g/mol. The van der Waals surface area contributed by atoms with Crippen molar-refractivity contribution in [1.29, 1.82) is 0 Å². The van der Waals surface area contributed by atoms with Crippen LogP contribution in [0.4, 0.5) is 0 Å². The minimum absolute atomic E-state index is 0. The first-order valence-electron chi connectivity index (χ1n) is 45.9. The van der Waals surface area contributed by atoms with E-state index in [1.807, 2.05) is 250 Å². The van der Waals surface area contributed by atoms with E-state index in [1.54, 1.807) is 35.4 Å². The third-order valence-electron chi connectivity index (χ3n) is 23.2. The largest absolute Gasteiger partial charge is 0.507 e. The number of carbonyl (C=O) groups excluding carboxylic acids is 1. The van der Waals surface area contributed by atoms with Gasteiger partial charge < -0.3 is 43.4 Å². The van der Waals surface area contributed by atoms with Gasteiger partial charge in [-0.1, -0.05) is 416 Å². The molecule has 0 aliphatic rings. The number of phenols is 1. The van der Waals surface area contributed by atoms with Crippen molar-refractivity contribution in [2.24, 2.45) is 0 Å². The van der Waals surface area contributed by atoms with Gasteiger partial charge in [0, 0.05) is 64.9 Å². The van der Waals surface area contributed by atoms with E-state index in [-0.39, 0.29) is 34.8 Å². The Bertz CT molecular complexity index is 6340. The smallest absolute Gasteiger partial charge is 0.163 e. The fourth-order valence-electron chi connectivity index (χ4n) is 16.0. The van der Waals surface area contributed by atoms with Crippen LogP contribution in [0.1, 0.15) is 197 Å². The average molecular weight is 1830 g/mol. The molecule has 0 aromatic heterocycles. The molecular formula is C121H131BrO10. The number of hydrogen-bond donors (Lipinski definition) is 2.